The van der Waals surface area contributed by atoms with E-state index in [4.69, 9.17) is 10.5 Å². The molecule has 0 spiro atoms. The number of hydrogen-bond acceptors (Lipinski definition) is 3. The van der Waals surface area contributed by atoms with Crippen LogP contribution < -0.4 is 5.73 Å². The molecule has 1 saturated heterocycles. The second kappa shape index (κ2) is 3.74. The first-order valence-corrected chi connectivity index (χ1v) is 5.64. The molecule has 0 radical (unpaired) electrons. The van der Waals surface area contributed by atoms with Gasteiger partial charge in [-0.15, -0.1) is 0 Å². The lowest BCUT2D eigenvalue weighted by atomic mass is 9.91. The minimum atomic E-state index is -2.56. The van der Waals surface area contributed by atoms with Crippen LogP contribution in [0.1, 0.15) is 32.6 Å². The number of carbonyl (C=O) groups excluding carboxylic acids is 1. The van der Waals surface area contributed by atoms with Crippen LogP contribution in [0.5, 0.6) is 0 Å². The number of ether oxygens (including phenoxy) is 1. The van der Waals surface area contributed by atoms with E-state index in [0.717, 1.165) is 0 Å². The van der Waals surface area contributed by atoms with E-state index < -0.39 is 17.6 Å². The fourth-order valence-corrected chi connectivity index (χ4v) is 2.35. The molecule has 92 valence electrons. The Morgan fingerprint density at radius 2 is 2.25 bits per heavy atom. The number of epoxide rings is 1. The lowest BCUT2D eigenvalue weighted by Crippen LogP contribution is -2.40. The number of Topliss-reactive ketones (excluding diaryl/α,β-unsaturated/α-hetero) is 1. The van der Waals surface area contributed by atoms with Gasteiger partial charge in [0.1, 0.15) is 5.60 Å². The molecular weight excluding hydrogens is 216 g/mol. The zero-order chi connectivity index (χ0) is 12.0. The quantitative estimate of drug-likeness (QED) is 0.748. The molecule has 16 heavy (non-hydrogen) atoms. The van der Waals surface area contributed by atoms with E-state index in [1.807, 2.05) is 0 Å². The number of hydrogen-bond donors (Lipinski definition) is 1. The third-order valence-corrected chi connectivity index (χ3v) is 3.53. The van der Waals surface area contributed by atoms with Crippen molar-refractivity contribution in [3.63, 3.8) is 0 Å². The van der Waals surface area contributed by atoms with Gasteiger partial charge in [0.15, 0.2) is 5.78 Å². The summed E-state index contributed by atoms with van der Waals surface area (Å²) in [6.07, 6.45) is 0.608. The molecule has 5 heteroatoms. The highest BCUT2D eigenvalue weighted by molar-refractivity contribution is 5.93. The molecule has 0 amide bonds. The van der Waals surface area contributed by atoms with Crippen molar-refractivity contribution in [1.29, 1.82) is 0 Å². The lowest BCUT2D eigenvalue weighted by molar-refractivity contribution is -0.125. The van der Waals surface area contributed by atoms with Crippen molar-refractivity contribution < 1.29 is 18.3 Å². The highest BCUT2D eigenvalue weighted by Crippen LogP contribution is 2.41. The van der Waals surface area contributed by atoms with Crippen LogP contribution in [-0.2, 0) is 9.53 Å². The van der Waals surface area contributed by atoms with Crippen LogP contribution in [0.3, 0.4) is 0 Å². The third-order valence-electron chi connectivity index (χ3n) is 3.53. The summed E-state index contributed by atoms with van der Waals surface area (Å²) in [6.45, 7) is 2.10. The second-order valence-corrected chi connectivity index (χ2v) is 5.19. The number of alkyl halides is 2. The van der Waals surface area contributed by atoms with Crippen LogP contribution in [0.4, 0.5) is 8.78 Å². The predicted octanol–water partition coefficient (Wildman–Crippen LogP) is 1.50. The largest absolute Gasteiger partial charge is 0.362 e. The zero-order valence-electron chi connectivity index (χ0n) is 9.34. The Morgan fingerprint density at radius 3 is 2.69 bits per heavy atom. The Bertz CT molecular complexity index is 302. The summed E-state index contributed by atoms with van der Waals surface area (Å²) < 4.78 is 30.9. The highest BCUT2D eigenvalue weighted by Gasteiger charge is 2.50. The average Bonchev–Trinajstić information content (AvgIpc) is 2.84. The SMILES string of the molecule is C[C@]1(C(=O)[C@@H](N)CC2CCC(F)(F)C2)CO1. The van der Waals surface area contributed by atoms with E-state index in [1.165, 1.54) is 0 Å². The minimum Gasteiger partial charge on any atom is -0.362 e. The molecular formula is C11H17F2NO2. The van der Waals surface area contributed by atoms with Gasteiger partial charge >= 0.3 is 0 Å². The normalized spacial score (nSPS) is 38.4. The monoisotopic (exact) mass is 233 g/mol. The van der Waals surface area contributed by atoms with Gasteiger partial charge in [-0.3, -0.25) is 4.79 Å². The standard InChI is InChI=1S/C11H17F2NO2/c1-10(6-16-10)9(15)8(14)4-7-2-3-11(12,13)5-7/h7-8H,2-6,14H2,1H3/t7?,8-,10+/m0/s1. The molecule has 2 N–H and O–H groups in total. The Labute approximate surface area is 93.3 Å². The van der Waals surface area contributed by atoms with Crippen LogP contribution in [0.15, 0.2) is 0 Å². The molecule has 2 aliphatic rings. The van der Waals surface area contributed by atoms with Crippen LogP contribution in [0.2, 0.25) is 0 Å². The molecule has 0 aromatic rings. The summed E-state index contributed by atoms with van der Waals surface area (Å²) in [4.78, 5) is 11.7. The smallest absolute Gasteiger partial charge is 0.248 e. The minimum absolute atomic E-state index is 0.0770. The molecule has 2 rings (SSSR count). The first-order chi connectivity index (χ1) is 7.32. The van der Waals surface area contributed by atoms with Gasteiger partial charge in [0.05, 0.1) is 12.6 Å². The van der Waals surface area contributed by atoms with Crippen molar-refractivity contribution in [2.45, 2.75) is 50.2 Å². The Hall–Kier alpha value is -0.550. The molecule has 1 aliphatic carbocycles. The topological polar surface area (TPSA) is 55.6 Å². The van der Waals surface area contributed by atoms with Crippen LogP contribution in [0, 0.1) is 5.92 Å². The summed E-state index contributed by atoms with van der Waals surface area (Å²) in [5.74, 6) is -2.84. The number of halogens is 2. The Morgan fingerprint density at radius 1 is 1.62 bits per heavy atom. The van der Waals surface area contributed by atoms with E-state index in [2.05, 4.69) is 0 Å². The van der Waals surface area contributed by atoms with E-state index in [9.17, 15) is 13.6 Å². The molecule has 3 atom stereocenters. The number of ketones is 1. The van der Waals surface area contributed by atoms with Crippen molar-refractivity contribution in [2.75, 3.05) is 6.61 Å². The predicted molar refractivity (Wildman–Crippen MR) is 54.2 cm³/mol. The van der Waals surface area contributed by atoms with Crippen molar-refractivity contribution in [3.05, 3.63) is 0 Å². The maximum atomic E-state index is 12.9. The maximum Gasteiger partial charge on any atom is 0.248 e. The van der Waals surface area contributed by atoms with Gasteiger partial charge in [-0.05, 0) is 25.7 Å². The van der Waals surface area contributed by atoms with Gasteiger partial charge in [-0.25, -0.2) is 8.78 Å². The van der Waals surface area contributed by atoms with Gasteiger partial charge in [-0.1, -0.05) is 0 Å². The molecule has 0 bridgehead atoms. The van der Waals surface area contributed by atoms with Gasteiger partial charge in [0, 0.05) is 12.8 Å². The van der Waals surface area contributed by atoms with E-state index in [1.54, 1.807) is 6.92 Å². The van der Waals surface area contributed by atoms with Crippen molar-refractivity contribution in [3.8, 4) is 0 Å². The van der Waals surface area contributed by atoms with Crippen LogP contribution in [0.25, 0.3) is 0 Å². The van der Waals surface area contributed by atoms with Crippen LogP contribution in [-0.4, -0.2) is 30.0 Å². The average molecular weight is 233 g/mol. The number of carbonyl (C=O) groups is 1. The van der Waals surface area contributed by atoms with Gasteiger partial charge < -0.3 is 10.5 Å². The molecule has 2 fully saturated rings. The van der Waals surface area contributed by atoms with Gasteiger partial charge in [0.2, 0.25) is 5.92 Å². The molecule has 3 nitrogen and oxygen atoms in total. The van der Waals surface area contributed by atoms with Crippen molar-refractivity contribution >= 4 is 5.78 Å². The molecule has 0 aromatic carbocycles. The molecule has 1 unspecified atom stereocenters. The third kappa shape index (κ3) is 2.40. The molecule has 0 aromatic heterocycles. The molecule has 1 heterocycles. The fraction of sp³-hybridized carbons (Fsp3) is 0.909. The summed E-state index contributed by atoms with van der Waals surface area (Å²) in [5, 5.41) is 0. The fourth-order valence-electron chi connectivity index (χ4n) is 2.35. The van der Waals surface area contributed by atoms with E-state index >= 15 is 0 Å². The van der Waals surface area contributed by atoms with Crippen molar-refractivity contribution in [2.24, 2.45) is 11.7 Å². The summed E-state index contributed by atoms with van der Waals surface area (Å²) >= 11 is 0. The maximum absolute atomic E-state index is 12.9. The second-order valence-electron chi connectivity index (χ2n) is 5.19. The van der Waals surface area contributed by atoms with Crippen molar-refractivity contribution in [1.82, 2.24) is 0 Å². The zero-order valence-corrected chi connectivity index (χ0v) is 9.34. The summed E-state index contributed by atoms with van der Waals surface area (Å²) in [6, 6.07) is -0.661. The molecule has 1 aliphatic heterocycles. The Balaban J connectivity index is 1.84. The Kier molecular flexibility index (Phi) is 2.78. The van der Waals surface area contributed by atoms with Gasteiger partial charge in [-0.2, -0.15) is 0 Å². The first-order valence-electron chi connectivity index (χ1n) is 5.64. The summed E-state index contributed by atoms with van der Waals surface area (Å²) in [5.41, 5.74) is 5.00. The highest BCUT2D eigenvalue weighted by atomic mass is 19.3. The number of rotatable bonds is 4. The lowest BCUT2D eigenvalue weighted by Gasteiger charge is -2.17. The first kappa shape index (κ1) is 11.9. The van der Waals surface area contributed by atoms with Crippen LogP contribution >= 0.6 is 0 Å². The van der Waals surface area contributed by atoms with Gasteiger partial charge in [0.25, 0.3) is 0 Å². The number of nitrogens with two attached hydrogens (primary N) is 1. The molecule has 1 saturated carbocycles. The summed E-state index contributed by atoms with van der Waals surface area (Å²) in [7, 11) is 0. The van der Waals surface area contributed by atoms with E-state index in [0.29, 0.717) is 19.4 Å². The van der Waals surface area contributed by atoms with E-state index in [-0.39, 0.29) is 24.5 Å².